The van der Waals surface area contributed by atoms with Gasteiger partial charge < -0.3 is 14.8 Å². The number of anilines is 2. The van der Waals surface area contributed by atoms with Crippen LogP contribution in [0.3, 0.4) is 0 Å². The Hall–Kier alpha value is -3.52. The number of ether oxygens (including phenoxy) is 2. The average molecular weight is 439 g/mol. The number of rotatable bonds is 5. The van der Waals surface area contributed by atoms with E-state index in [0.29, 0.717) is 47.2 Å². The highest BCUT2D eigenvalue weighted by molar-refractivity contribution is 7.92. The van der Waals surface area contributed by atoms with E-state index in [9.17, 15) is 13.2 Å². The number of benzene rings is 3. The molecule has 8 heteroatoms. The predicted molar refractivity (Wildman–Crippen MR) is 119 cm³/mol. The Morgan fingerprint density at radius 1 is 0.871 bits per heavy atom. The molecule has 1 amide bonds. The van der Waals surface area contributed by atoms with E-state index in [-0.39, 0.29) is 10.8 Å². The van der Waals surface area contributed by atoms with Crippen LogP contribution in [0.4, 0.5) is 11.4 Å². The van der Waals surface area contributed by atoms with Crippen molar-refractivity contribution in [2.45, 2.75) is 18.7 Å². The van der Waals surface area contributed by atoms with Gasteiger partial charge in [0.15, 0.2) is 11.5 Å². The third-order valence-electron chi connectivity index (χ3n) is 4.86. The van der Waals surface area contributed by atoms with Gasteiger partial charge in [0.25, 0.3) is 15.9 Å². The summed E-state index contributed by atoms with van der Waals surface area (Å²) in [6.45, 7) is 4.60. The minimum atomic E-state index is -3.72. The lowest BCUT2D eigenvalue weighted by molar-refractivity contribution is 0.102. The van der Waals surface area contributed by atoms with Crippen molar-refractivity contribution in [3.8, 4) is 11.5 Å². The van der Waals surface area contributed by atoms with Gasteiger partial charge in [0.1, 0.15) is 13.2 Å². The summed E-state index contributed by atoms with van der Waals surface area (Å²) >= 11 is 0. The lowest BCUT2D eigenvalue weighted by Gasteiger charge is -2.19. The summed E-state index contributed by atoms with van der Waals surface area (Å²) < 4.78 is 38.9. The molecular formula is C23H22N2O5S. The van der Waals surface area contributed by atoms with Crippen LogP contribution in [0.1, 0.15) is 21.5 Å². The van der Waals surface area contributed by atoms with Crippen molar-refractivity contribution in [2.24, 2.45) is 0 Å². The first kappa shape index (κ1) is 20.7. The van der Waals surface area contributed by atoms with Crippen LogP contribution in [-0.2, 0) is 10.0 Å². The molecule has 31 heavy (non-hydrogen) atoms. The largest absolute Gasteiger partial charge is 0.486 e. The summed E-state index contributed by atoms with van der Waals surface area (Å²) in [7, 11) is -3.72. The zero-order valence-corrected chi connectivity index (χ0v) is 18.0. The Labute approximate surface area is 181 Å². The maximum absolute atomic E-state index is 12.7. The Morgan fingerprint density at radius 3 is 2.29 bits per heavy atom. The first-order chi connectivity index (χ1) is 14.8. The number of hydrogen-bond donors (Lipinski definition) is 2. The van der Waals surface area contributed by atoms with Crippen LogP contribution >= 0.6 is 0 Å². The van der Waals surface area contributed by atoms with Crippen LogP contribution in [0.5, 0.6) is 11.5 Å². The predicted octanol–water partition coefficient (Wildman–Crippen LogP) is 4.13. The number of carbonyl (C=O) groups is 1. The van der Waals surface area contributed by atoms with Crippen LogP contribution in [0, 0.1) is 13.8 Å². The van der Waals surface area contributed by atoms with Crippen molar-refractivity contribution >= 4 is 27.3 Å². The van der Waals surface area contributed by atoms with Gasteiger partial charge >= 0.3 is 0 Å². The molecule has 0 saturated heterocycles. The number of aryl methyl sites for hydroxylation is 2. The third-order valence-corrected chi connectivity index (χ3v) is 6.25. The highest BCUT2D eigenvalue weighted by atomic mass is 32.2. The second-order valence-electron chi connectivity index (χ2n) is 7.26. The van der Waals surface area contributed by atoms with E-state index in [0.717, 1.165) is 5.56 Å². The number of hydrogen-bond acceptors (Lipinski definition) is 5. The molecular weight excluding hydrogens is 416 g/mol. The molecule has 0 spiro atoms. The summed E-state index contributed by atoms with van der Waals surface area (Å²) in [5, 5.41) is 2.82. The molecule has 0 aliphatic carbocycles. The van der Waals surface area contributed by atoms with Gasteiger partial charge in [-0.2, -0.15) is 0 Å². The normalized spacial score (nSPS) is 12.8. The summed E-state index contributed by atoms with van der Waals surface area (Å²) in [4.78, 5) is 12.8. The number of carbonyl (C=O) groups excluding carboxylic acids is 1. The molecule has 3 aromatic carbocycles. The number of nitrogens with one attached hydrogen (secondary N) is 2. The van der Waals surface area contributed by atoms with Crippen molar-refractivity contribution < 1.29 is 22.7 Å². The first-order valence-electron chi connectivity index (χ1n) is 9.73. The molecule has 1 aliphatic heterocycles. The topological polar surface area (TPSA) is 93.7 Å². The Morgan fingerprint density at radius 2 is 1.58 bits per heavy atom. The maximum atomic E-state index is 12.7. The number of fused-ring (bicyclic) bond motifs is 1. The number of sulfonamides is 1. The molecule has 0 atom stereocenters. The van der Waals surface area contributed by atoms with Crippen molar-refractivity contribution in [1.82, 2.24) is 0 Å². The molecule has 2 N–H and O–H groups in total. The molecule has 0 bridgehead atoms. The molecule has 1 heterocycles. The van der Waals surface area contributed by atoms with Gasteiger partial charge in [-0.05, 0) is 61.9 Å². The van der Waals surface area contributed by atoms with Gasteiger partial charge in [0.05, 0.1) is 10.6 Å². The van der Waals surface area contributed by atoms with Crippen LogP contribution in [0.25, 0.3) is 0 Å². The first-order valence-corrected chi connectivity index (χ1v) is 11.2. The van der Waals surface area contributed by atoms with Crippen molar-refractivity contribution in [3.63, 3.8) is 0 Å². The lowest BCUT2D eigenvalue weighted by Crippen LogP contribution is -2.17. The van der Waals surface area contributed by atoms with Gasteiger partial charge in [-0.1, -0.05) is 17.7 Å². The molecule has 160 valence electrons. The Bertz CT molecular complexity index is 1240. The summed E-state index contributed by atoms with van der Waals surface area (Å²) in [5.41, 5.74) is 3.01. The van der Waals surface area contributed by atoms with Gasteiger partial charge in [-0.3, -0.25) is 9.52 Å². The second-order valence-corrected chi connectivity index (χ2v) is 8.94. The van der Waals surface area contributed by atoms with Gasteiger partial charge in [-0.25, -0.2) is 8.42 Å². The summed E-state index contributed by atoms with van der Waals surface area (Å²) in [5.74, 6) is 0.916. The minimum absolute atomic E-state index is 0.179. The van der Waals surface area contributed by atoms with Crippen LogP contribution < -0.4 is 19.5 Å². The fraction of sp³-hybridized carbons (Fsp3) is 0.174. The third kappa shape index (κ3) is 4.64. The van der Waals surface area contributed by atoms with Gasteiger partial charge in [0.2, 0.25) is 0 Å². The minimum Gasteiger partial charge on any atom is -0.486 e. The maximum Gasteiger partial charge on any atom is 0.261 e. The lowest BCUT2D eigenvalue weighted by atomic mass is 10.1. The highest BCUT2D eigenvalue weighted by Crippen LogP contribution is 2.32. The van der Waals surface area contributed by atoms with E-state index < -0.39 is 10.0 Å². The fourth-order valence-electron chi connectivity index (χ4n) is 3.16. The monoisotopic (exact) mass is 438 g/mol. The van der Waals surface area contributed by atoms with Gasteiger partial charge in [0, 0.05) is 17.3 Å². The number of amides is 1. The second kappa shape index (κ2) is 8.31. The van der Waals surface area contributed by atoms with Crippen molar-refractivity contribution in [1.29, 1.82) is 0 Å². The average Bonchev–Trinajstić information content (AvgIpc) is 2.75. The van der Waals surface area contributed by atoms with E-state index in [1.165, 1.54) is 0 Å². The van der Waals surface area contributed by atoms with E-state index in [2.05, 4.69) is 10.0 Å². The Kier molecular flexibility index (Phi) is 5.56. The van der Waals surface area contributed by atoms with E-state index in [1.54, 1.807) is 67.6 Å². The Balaban J connectivity index is 1.49. The molecule has 0 unspecified atom stereocenters. The molecule has 0 saturated carbocycles. The van der Waals surface area contributed by atoms with Crippen LogP contribution in [0.2, 0.25) is 0 Å². The molecule has 4 rings (SSSR count). The van der Waals surface area contributed by atoms with Gasteiger partial charge in [-0.15, -0.1) is 0 Å². The SMILES string of the molecule is Cc1ccc(S(=O)(=O)Nc2ccc(C(=O)Nc3ccc4c(c3)OCCO4)cc2C)cc1. The smallest absolute Gasteiger partial charge is 0.261 e. The molecule has 0 aromatic heterocycles. The van der Waals surface area contributed by atoms with E-state index >= 15 is 0 Å². The standard InChI is InChI=1S/C23H22N2O5S/c1-15-3-7-19(8-4-15)31(27,28)25-20-9-5-17(13-16(20)2)23(26)24-18-6-10-21-22(14-18)30-12-11-29-21/h3-10,13-14,25H,11-12H2,1-2H3,(H,24,26). The van der Waals surface area contributed by atoms with Crippen molar-refractivity contribution in [2.75, 3.05) is 23.3 Å². The van der Waals surface area contributed by atoms with E-state index in [4.69, 9.17) is 9.47 Å². The zero-order valence-electron chi connectivity index (χ0n) is 17.1. The van der Waals surface area contributed by atoms with Crippen LogP contribution in [0.15, 0.2) is 65.6 Å². The summed E-state index contributed by atoms with van der Waals surface area (Å²) in [6, 6.07) is 16.6. The fourth-order valence-corrected chi connectivity index (χ4v) is 4.30. The van der Waals surface area contributed by atoms with Crippen LogP contribution in [-0.4, -0.2) is 27.5 Å². The highest BCUT2D eigenvalue weighted by Gasteiger charge is 2.17. The molecule has 7 nitrogen and oxygen atoms in total. The molecule has 1 aliphatic rings. The van der Waals surface area contributed by atoms with E-state index in [1.807, 2.05) is 6.92 Å². The molecule has 0 radical (unpaired) electrons. The quantitative estimate of drug-likeness (QED) is 0.625. The molecule has 3 aromatic rings. The zero-order chi connectivity index (χ0) is 22.0. The molecule has 0 fully saturated rings. The van der Waals surface area contributed by atoms with Crippen molar-refractivity contribution in [3.05, 3.63) is 77.4 Å². The summed E-state index contributed by atoms with van der Waals surface area (Å²) in [6.07, 6.45) is 0.